The first kappa shape index (κ1) is 14.3. The Morgan fingerprint density at radius 2 is 2.06 bits per heavy atom. The fraction of sp³-hybridized carbons (Fsp3) is 0.462. The second-order valence-electron chi connectivity index (χ2n) is 4.56. The molecule has 1 fully saturated rings. The van der Waals surface area contributed by atoms with Crippen molar-refractivity contribution in [2.45, 2.75) is 25.2 Å². The van der Waals surface area contributed by atoms with Crippen molar-refractivity contribution in [3.8, 4) is 0 Å². The molecule has 3 N–H and O–H groups in total. The van der Waals surface area contributed by atoms with Gasteiger partial charge in [-0.3, -0.25) is 4.99 Å². The number of aliphatic imine (C=N–C) groups is 1. The van der Waals surface area contributed by atoms with Crippen LogP contribution in [-0.4, -0.2) is 19.6 Å². The van der Waals surface area contributed by atoms with Crippen LogP contribution in [0.15, 0.2) is 29.3 Å². The Kier molecular flexibility index (Phi) is 4.80. The molecule has 0 radical (unpaired) electrons. The number of hydrogen-bond donors (Lipinski definition) is 2. The highest BCUT2D eigenvalue weighted by Gasteiger charge is 2.44. The minimum absolute atomic E-state index is 0. The zero-order chi connectivity index (χ0) is 11.6. The molecule has 0 heterocycles. The number of nitrogens with two attached hydrogens (primary N) is 1. The number of rotatable bonds is 3. The number of nitrogens with zero attached hydrogens (tertiary/aromatic N) is 1. The van der Waals surface area contributed by atoms with Gasteiger partial charge in [-0.25, -0.2) is 0 Å². The Balaban J connectivity index is 0.00000144. The van der Waals surface area contributed by atoms with Gasteiger partial charge in [0.15, 0.2) is 5.96 Å². The van der Waals surface area contributed by atoms with Crippen LogP contribution in [-0.2, 0) is 5.41 Å². The maximum atomic E-state index is 5.66. The second-order valence-corrected chi connectivity index (χ2v) is 4.56. The van der Waals surface area contributed by atoms with E-state index >= 15 is 0 Å². The molecule has 1 aliphatic rings. The smallest absolute Gasteiger partial charge is 0.188 e. The monoisotopic (exact) mass is 345 g/mol. The quantitative estimate of drug-likeness (QED) is 0.501. The summed E-state index contributed by atoms with van der Waals surface area (Å²) in [7, 11) is 1.70. The van der Waals surface area contributed by atoms with Crippen molar-refractivity contribution in [3.63, 3.8) is 0 Å². The summed E-state index contributed by atoms with van der Waals surface area (Å²) in [6.45, 7) is 3.06. The largest absolute Gasteiger partial charge is 0.370 e. The Morgan fingerprint density at radius 1 is 1.41 bits per heavy atom. The molecule has 1 aromatic carbocycles. The maximum Gasteiger partial charge on any atom is 0.188 e. The molecule has 0 bridgehead atoms. The zero-order valence-corrected chi connectivity index (χ0v) is 12.7. The molecule has 0 spiro atoms. The highest BCUT2D eigenvalue weighted by Crippen LogP contribution is 2.48. The summed E-state index contributed by atoms with van der Waals surface area (Å²) < 4.78 is 0. The first-order chi connectivity index (χ1) is 7.68. The van der Waals surface area contributed by atoms with Crippen LogP contribution in [0.4, 0.5) is 0 Å². The Morgan fingerprint density at radius 3 is 2.59 bits per heavy atom. The molecular weight excluding hydrogens is 325 g/mol. The van der Waals surface area contributed by atoms with E-state index in [0.717, 1.165) is 6.54 Å². The molecule has 0 atom stereocenters. The van der Waals surface area contributed by atoms with E-state index in [2.05, 4.69) is 41.5 Å². The highest BCUT2D eigenvalue weighted by atomic mass is 127. The lowest BCUT2D eigenvalue weighted by molar-refractivity contribution is 0.652. The third-order valence-corrected chi connectivity index (χ3v) is 3.42. The van der Waals surface area contributed by atoms with Crippen molar-refractivity contribution >= 4 is 29.9 Å². The second kappa shape index (κ2) is 5.71. The molecule has 17 heavy (non-hydrogen) atoms. The molecular formula is C13H20IN3. The minimum atomic E-state index is 0. The van der Waals surface area contributed by atoms with E-state index in [1.807, 2.05) is 0 Å². The Bertz CT molecular complexity index is 411. The Hall–Kier alpha value is -0.780. The summed E-state index contributed by atoms with van der Waals surface area (Å²) in [4.78, 5) is 3.92. The van der Waals surface area contributed by atoms with E-state index in [9.17, 15) is 0 Å². The minimum Gasteiger partial charge on any atom is -0.370 e. The van der Waals surface area contributed by atoms with E-state index in [-0.39, 0.29) is 24.0 Å². The normalized spacial score (nSPS) is 17.2. The topological polar surface area (TPSA) is 50.4 Å². The van der Waals surface area contributed by atoms with E-state index in [1.165, 1.54) is 24.0 Å². The predicted octanol–water partition coefficient (Wildman–Crippen LogP) is 2.18. The Labute approximate surface area is 120 Å². The van der Waals surface area contributed by atoms with Gasteiger partial charge in [0.05, 0.1) is 0 Å². The first-order valence-electron chi connectivity index (χ1n) is 5.70. The molecule has 1 saturated carbocycles. The number of nitrogens with one attached hydrogen (secondary N) is 1. The van der Waals surface area contributed by atoms with Crippen molar-refractivity contribution in [3.05, 3.63) is 35.4 Å². The number of halogens is 1. The van der Waals surface area contributed by atoms with Gasteiger partial charge in [0.25, 0.3) is 0 Å². The molecule has 1 aliphatic carbocycles. The molecule has 4 heteroatoms. The van der Waals surface area contributed by atoms with E-state index in [1.54, 1.807) is 7.05 Å². The van der Waals surface area contributed by atoms with Gasteiger partial charge in [0, 0.05) is 19.0 Å². The van der Waals surface area contributed by atoms with Gasteiger partial charge in [-0.15, -0.1) is 24.0 Å². The van der Waals surface area contributed by atoms with Crippen molar-refractivity contribution < 1.29 is 0 Å². The zero-order valence-electron chi connectivity index (χ0n) is 10.4. The molecule has 0 aliphatic heterocycles. The molecule has 2 rings (SSSR count). The summed E-state index contributed by atoms with van der Waals surface area (Å²) in [6, 6.07) is 8.60. The fourth-order valence-corrected chi connectivity index (χ4v) is 2.20. The van der Waals surface area contributed by atoms with Gasteiger partial charge in [0.2, 0.25) is 0 Å². The summed E-state index contributed by atoms with van der Waals surface area (Å²) in [6.07, 6.45) is 2.48. The van der Waals surface area contributed by atoms with Crippen LogP contribution >= 0.6 is 24.0 Å². The maximum absolute atomic E-state index is 5.66. The van der Waals surface area contributed by atoms with E-state index in [4.69, 9.17) is 5.73 Å². The summed E-state index contributed by atoms with van der Waals surface area (Å²) in [5, 5.41) is 3.19. The average molecular weight is 345 g/mol. The van der Waals surface area contributed by atoms with Crippen LogP contribution < -0.4 is 11.1 Å². The number of benzene rings is 1. The van der Waals surface area contributed by atoms with E-state index in [0.29, 0.717) is 11.4 Å². The van der Waals surface area contributed by atoms with Gasteiger partial charge in [-0.1, -0.05) is 24.3 Å². The van der Waals surface area contributed by atoms with Crippen molar-refractivity contribution in [1.29, 1.82) is 0 Å². The number of hydrogen-bond acceptors (Lipinski definition) is 1. The molecule has 0 aromatic heterocycles. The lowest BCUT2D eigenvalue weighted by atomic mass is 9.92. The lowest BCUT2D eigenvalue weighted by Crippen LogP contribution is -2.37. The lowest BCUT2D eigenvalue weighted by Gasteiger charge is -2.19. The van der Waals surface area contributed by atoms with Crippen LogP contribution in [0, 0.1) is 6.92 Å². The van der Waals surface area contributed by atoms with Crippen LogP contribution in [0.3, 0.4) is 0 Å². The van der Waals surface area contributed by atoms with E-state index < -0.39 is 0 Å². The molecule has 0 unspecified atom stereocenters. The third kappa shape index (κ3) is 3.12. The van der Waals surface area contributed by atoms with Crippen molar-refractivity contribution in [2.24, 2.45) is 10.7 Å². The van der Waals surface area contributed by atoms with Crippen LogP contribution in [0.2, 0.25) is 0 Å². The molecule has 3 nitrogen and oxygen atoms in total. The molecule has 0 amide bonds. The summed E-state index contributed by atoms with van der Waals surface area (Å²) in [5.74, 6) is 0.528. The number of aryl methyl sites for hydroxylation is 1. The molecule has 94 valence electrons. The standard InChI is InChI=1S/C13H19N3.HI/c1-10-5-3-4-6-11(10)13(7-8-13)9-16-12(14)15-2;/h3-6H,7-9H2,1-2H3,(H3,14,15,16);1H. The van der Waals surface area contributed by atoms with Crippen LogP contribution in [0.1, 0.15) is 24.0 Å². The van der Waals surface area contributed by atoms with Gasteiger partial charge < -0.3 is 11.1 Å². The highest BCUT2D eigenvalue weighted by molar-refractivity contribution is 14.0. The van der Waals surface area contributed by atoms with Gasteiger partial charge in [-0.2, -0.15) is 0 Å². The van der Waals surface area contributed by atoms with Gasteiger partial charge >= 0.3 is 0 Å². The SMILES string of the molecule is CN=C(N)NCC1(c2ccccc2C)CC1.I. The average Bonchev–Trinajstić information content (AvgIpc) is 3.07. The third-order valence-electron chi connectivity index (χ3n) is 3.42. The summed E-state index contributed by atoms with van der Waals surface area (Å²) >= 11 is 0. The van der Waals surface area contributed by atoms with Crippen molar-refractivity contribution in [1.82, 2.24) is 5.32 Å². The van der Waals surface area contributed by atoms with Gasteiger partial charge in [0.1, 0.15) is 0 Å². The van der Waals surface area contributed by atoms with Gasteiger partial charge in [-0.05, 0) is 30.9 Å². The predicted molar refractivity (Wildman–Crippen MR) is 83.1 cm³/mol. The fourth-order valence-electron chi connectivity index (χ4n) is 2.20. The van der Waals surface area contributed by atoms with Crippen LogP contribution in [0.25, 0.3) is 0 Å². The number of guanidine groups is 1. The molecule has 0 saturated heterocycles. The molecule has 1 aromatic rings. The summed E-state index contributed by atoms with van der Waals surface area (Å²) in [5.41, 5.74) is 8.77. The first-order valence-corrected chi connectivity index (χ1v) is 5.70. The van der Waals surface area contributed by atoms with Crippen molar-refractivity contribution in [2.75, 3.05) is 13.6 Å². The van der Waals surface area contributed by atoms with Crippen LogP contribution in [0.5, 0.6) is 0 Å².